The highest BCUT2D eigenvalue weighted by Crippen LogP contribution is 2.18. The van der Waals surface area contributed by atoms with Crippen LogP contribution in [0.5, 0.6) is 11.6 Å². The molecule has 0 saturated carbocycles. The van der Waals surface area contributed by atoms with Crippen LogP contribution in [0.4, 0.5) is 5.95 Å². The monoisotopic (exact) mass is 219 g/mol. The lowest BCUT2D eigenvalue weighted by Gasteiger charge is -2.04. The summed E-state index contributed by atoms with van der Waals surface area (Å²) in [4.78, 5) is 8.24. The highest BCUT2D eigenvalue weighted by molar-refractivity contribution is 5.29. The fourth-order valence-corrected chi connectivity index (χ4v) is 1.21. The van der Waals surface area contributed by atoms with Crippen molar-refractivity contribution in [3.05, 3.63) is 24.7 Å². The van der Waals surface area contributed by atoms with E-state index >= 15 is 0 Å². The molecule has 0 spiro atoms. The van der Waals surface area contributed by atoms with Gasteiger partial charge in [0, 0.05) is 25.9 Å². The van der Waals surface area contributed by atoms with Gasteiger partial charge < -0.3 is 10.1 Å². The van der Waals surface area contributed by atoms with E-state index in [4.69, 9.17) is 4.74 Å². The van der Waals surface area contributed by atoms with Gasteiger partial charge in [0.05, 0.1) is 12.4 Å². The van der Waals surface area contributed by atoms with Gasteiger partial charge in [-0.05, 0) is 6.92 Å². The summed E-state index contributed by atoms with van der Waals surface area (Å²) < 4.78 is 7.18. The highest BCUT2D eigenvalue weighted by Gasteiger charge is 2.02. The Kier molecular flexibility index (Phi) is 3.00. The number of nitrogens with zero attached hydrogens (tertiary/aromatic N) is 4. The van der Waals surface area contributed by atoms with Crippen molar-refractivity contribution in [2.75, 3.05) is 11.9 Å². The van der Waals surface area contributed by atoms with Gasteiger partial charge in [0.15, 0.2) is 5.75 Å². The number of aromatic nitrogens is 4. The summed E-state index contributed by atoms with van der Waals surface area (Å²) in [5.74, 6) is 1.71. The molecule has 0 aliphatic rings. The van der Waals surface area contributed by atoms with Gasteiger partial charge in [0.2, 0.25) is 11.8 Å². The van der Waals surface area contributed by atoms with Gasteiger partial charge in [-0.3, -0.25) is 4.68 Å². The van der Waals surface area contributed by atoms with Crippen molar-refractivity contribution in [1.29, 1.82) is 0 Å². The Bertz CT molecular complexity index is 468. The first-order valence-corrected chi connectivity index (χ1v) is 5.01. The van der Waals surface area contributed by atoms with Crippen LogP contribution in [0.2, 0.25) is 0 Å². The van der Waals surface area contributed by atoms with E-state index in [9.17, 15) is 0 Å². The molecule has 0 radical (unpaired) electrons. The van der Waals surface area contributed by atoms with Gasteiger partial charge in [-0.15, -0.1) is 0 Å². The summed E-state index contributed by atoms with van der Waals surface area (Å²) in [6.45, 7) is 2.76. The van der Waals surface area contributed by atoms with Crippen LogP contribution in [0.25, 0.3) is 0 Å². The Morgan fingerprint density at radius 2 is 2.38 bits per heavy atom. The molecule has 0 aliphatic carbocycles. The smallest absolute Gasteiger partial charge is 0.225 e. The van der Waals surface area contributed by atoms with Crippen molar-refractivity contribution in [3.8, 4) is 11.6 Å². The van der Waals surface area contributed by atoms with Crippen molar-refractivity contribution in [2.45, 2.75) is 6.92 Å². The van der Waals surface area contributed by atoms with Crippen molar-refractivity contribution in [3.63, 3.8) is 0 Å². The molecule has 16 heavy (non-hydrogen) atoms. The topological polar surface area (TPSA) is 64.9 Å². The standard InChI is InChI=1S/C10H13N5O/c1-3-11-10-12-5-4-9(14-10)16-8-6-13-15(2)7-8/h4-7H,3H2,1-2H3,(H,11,12,14). The molecule has 1 N–H and O–H groups in total. The molecular weight excluding hydrogens is 206 g/mol. The van der Waals surface area contributed by atoms with Crippen LogP contribution >= 0.6 is 0 Å². The largest absolute Gasteiger partial charge is 0.436 e. The van der Waals surface area contributed by atoms with E-state index in [0.717, 1.165) is 6.54 Å². The predicted octanol–water partition coefficient (Wildman–Crippen LogP) is 1.43. The zero-order valence-electron chi connectivity index (χ0n) is 9.21. The molecule has 0 aromatic carbocycles. The van der Waals surface area contributed by atoms with Crippen LogP contribution in [0.15, 0.2) is 24.7 Å². The third-order valence-corrected chi connectivity index (χ3v) is 1.87. The third kappa shape index (κ3) is 2.47. The molecule has 2 heterocycles. The summed E-state index contributed by atoms with van der Waals surface area (Å²) in [5.41, 5.74) is 0. The first-order chi connectivity index (χ1) is 7.78. The SMILES string of the molecule is CCNc1nccc(Oc2cnn(C)c2)n1. The average Bonchev–Trinajstić information content (AvgIpc) is 2.65. The molecule has 6 heteroatoms. The molecular formula is C10H13N5O. The fraction of sp³-hybridized carbons (Fsp3) is 0.300. The number of rotatable bonds is 4. The van der Waals surface area contributed by atoms with Crippen molar-refractivity contribution in [2.24, 2.45) is 7.05 Å². The molecule has 0 fully saturated rings. The number of ether oxygens (including phenoxy) is 1. The lowest BCUT2D eigenvalue weighted by atomic mass is 10.6. The number of hydrogen-bond acceptors (Lipinski definition) is 5. The minimum absolute atomic E-state index is 0.499. The highest BCUT2D eigenvalue weighted by atomic mass is 16.5. The molecule has 0 aliphatic heterocycles. The van der Waals surface area contributed by atoms with Gasteiger partial charge >= 0.3 is 0 Å². The van der Waals surface area contributed by atoms with Crippen LogP contribution in [0.3, 0.4) is 0 Å². The first-order valence-electron chi connectivity index (χ1n) is 5.01. The summed E-state index contributed by atoms with van der Waals surface area (Å²) in [6, 6.07) is 1.70. The Balaban J connectivity index is 2.12. The van der Waals surface area contributed by atoms with E-state index in [1.807, 2.05) is 14.0 Å². The molecule has 2 rings (SSSR count). The summed E-state index contributed by atoms with van der Waals surface area (Å²) >= 11 is 0. The van der Waals surface area contributed by atoms with E-state index < -0.39 is 0 Å². The Morgan fingerprint density at radius 1 is 1.50 bits per heavy atom. The normalized spacial score (nSPS) is 10.1. The minimum Gasteiger partial charge on any atom is -0.436 e. The maximum absolute atomic E-state index is 5.51. The maximum Gasteiger partial charge on any atom is 0.225 e. The molecule has 84 valence electrons. The van der Waals surface area contributed by atoms with E-state index in [-0.39, 0.29) is 0 Å². The molecule has 0 saturated heterocycles. The van der Waals surface area contributed by atoms with Crippen LogP contribution in [-0.2, 0) is 7.05 Å². The lowest BCUT2D eigenvalue weighted by molar-refractivity contribution is 0.461. The Morgan fingerprint density at radius 3 is 3.06 bits per heavy atom. The van der Waals surface area contributed by atoms with Crippen molar-refractivity contribution >= 4 is 5.95 Å². The number of anilines is 1. The summed E-state index contributed by atoms with van der Waals surface area (Å²) in [7, 11) is 1.83. The van der Waals surface area contributed by atoms with Crippen LogP contribution < -0.4 is 10.1 Å². The predicted molar refractivity (Wildman–Crippen MR) is 59.5 cm³/mol. The molecule has 0 unspecified atom stereocenters. The molecule has 6 nitrogen and oxygen atoms in total. The second kappa shape index (κ2) is 4.61. The molecule has 2 aromatic rings. The van der Waals surface area contributed by atoms with Gasteiger partial charge in [-0.25, -0.2) is 4.98 Å². The van der Waals surface area contributed by atoms with Gasteiger partial charge in [-0.2, -0.15) is 10.1 Å². The van der Waals surface area contributed by atoms with E-state index in [1.165, 1.54) is 0 Å². The molecule has 0 amide bonds. The zero-order valence-corrected chi connectivity index (χ0v) is 9.21. The Labute approximate surface area is 93.3 Å². The zero-order chi connectivity index (χ0) is 11.4. The van der Waals surface area contributed by atoms with Gasteiger partial charge in [0.1, 0.15) is 0 Å². The van der Waals surface area contributed by atoms with Crippen molar-refractivity contribution in [1.82, 2.24) is 19.7 Å². The maximum atomic E-state index is 5.51. The first kappa shape index (κ1) is 10.4. The molecule has 0 atom stereocenters. The van der Waals surface area contributed by atoms with E-state index in [1.54, 1.807) is 29.3 Å². The van der Waals surface area contributed by atoms with Crippen LogP contribution in [0, 0.1) is 0 Å². The van der Waals surface area contributed by atoms with Gasteiger partial charge in [0.25, 0.3) is 0 Å². The average molecular weight is 219 g/mol. The van der Waals surface area contributed by atoms with E-state index in [0.29, 0.717) is 17.6 Å². The fourth-order valence-electron chi connectivity index (χ4n) is 1.21. The summed E-state index contributed by atoms with van der Waals surface area (Å²) in [5, 5.41) is 7.02. The lowest BCUT2D eigenvalue weighted by Crippen LogP contribution is -2.02. The number of aryl methyl sites for hydroxylation is 1. The Hall–Kier alpha value is -2.11. The number of nitrogens with one attached hydrogen (secondary N) is 1. The summed E-state index contributed by atoms with van der Waals surface area (Å²) in [6.07, 6.45) is 5.06. The molecule has 2 aromatic heterocycles. The quantitative estimate of drug-likeness (QED) is 0.842. The van der Waals surface area contributed by atoms with E-state index in [2.05, 4.69) is 20.4 Å². The third-order valence-electron chi connectivity index (χ3n) is 1.87. The van der Waals surface area contributed by atoms with Gasteiger partial charge in [-0.1, -0.05) is 0 Å². The second-order valence-electron chi connectivity index (χ2n) is 3.20. The van der Waals surface area contributed by atoms with Crippen molar-refractivity contribution < 1.29 is 4.74 Å². The number of hydrogen-bond donors (Lipinski definition) is 1. The molecule has 0 bridgehead atoms. The van der Waals surface area contributed by atoms with Crippen LogP contribution in [-0.4, -0.2) is 26.3 Å². The van der Waals surface area contributed by atoms with Crippen LogP contribution in [0.1, 0.15) is 6.92 Å². The second-order valence-corrected chi connectivity index (χ2v) is 3.20. The minimum atomic E-state index is 0.499.